The number of halogens is 1. The van der Waals surface area contributed by atoms with E-state index in [0.29, 0.717) is 25.7 Å². The van der Waals surface area contributed by atoms with Gasteiger partial charge in [-0.25, -0.2) is 0 Å². The summed E-state index contributed by atoms with van der Waals surface area (Å²) in [6.45, 7) is 2.95. The van der Waals surface area contributed by atoms with Gasteiger partial charge in [-0.05, 0) is 18.8 Å². The molecule has 0 unspecified atom stereocenters. The van der Waals surface area contributed by atoms with Gasteiger partial charge < -0.3 is 9.47 Å². The van der Waals surface area contributed by atoms with Crippen LogP contribution in [0.4, 0.5) is 0 Å². The molecule has 0 amide bonds. The largest absolute Gasteiger partial charge is 0.379 e. The summed E-state index contributed by atoms with van der Waals surface area (Å²) >= 11 is 5.45. The normalized spacial score (nSPS) is 18.2. The predicted molar refractivity (Wildman–Crippen MR) is 54.3 cm³/mol. The van der Waals surface area contributed by atoms with Crippen LogP contribution in [0.25, 0.3) is 0 Å². The van der Waals surface area contributed by atoms with Crippen molar-refractivity contribution in [2.24, 2.45) is 5.92 Å². The van der Waals surface area contributed by atoms with Crippen LogP contribution in [0.3, 0.4) is 0 Å². The third kappa shape index (κ3) is 5.50. The van der Waals surface area contributed by atoms with Gasteiger partial charge >= 0.3 is 0 Å². The Bertz CT molecular complexity index is 113. The maximum atomic E-state index is 5.50. The van der Waals surface area contributed by atoms with Crippen LogP contribution in [-0.2, 0) is 9.47 Å². The zero-order chi connectivity index (χ0) is 9.36. The molecule has 0 aromatic carbocycles. The molecular formula is C10H19ClO2. The summed E-state index contributed by atoms with van der Waals surface area (Å²) < 4.78 is 10.7. The number of rotatable bonds is 7. The van der Waals surface area contributed by atoms with Crippen molar-refractivity contribution in [3.05, 3.63) is 0 Å². The summed E-state index contributed by atoms with van der Waals surface area (Å²) in [5.41, 5.74) is 0. The van der Waals surface area contributed by atoms with Crippen LogP contribution >= 0.6 is 11.6 Å². The minimum Gasteiger partial charge on any atom is -0.379 e. The molecule has 13 heavy (non-hydrogen) atoms. The van der Waals surface area contributed by atoms with E-state index in [2.05, 4.69) is 0 Å². The van der Waals surface area contributed by atoms with E-state index in [0.717, 1.165) is 12.5 Å². The van der Waals surface area contributed by atoms with Crippen LogP contribution in [-0.4, -0.2) is 32.3 Å². The molecule has 0 aromatic rings. The molecule has 0 spiro atoms. The highest BCUT2D eigenvalue weighted by molar-refractivity contribution is 6.17. The fourth-order valence-electron chi connectivity index (χ4n) is 1.70. The Morgan fingerprint density at radius 3 is 2.38 bits per heavy atom. The highest BCUT2D eigenvalue weighted by Crippen LogP contribution is 2.24. The number of hydrogen-bond donors (Lipinski definition) is 0. The second kappa shape index (κ2) is 7.60. The van der Waals surface area contributed by atoms with Crippen LogP contribution in [0.2, 0.25) is 0 Å². The van der Waals surface area contributed by atoms with Crippen LogP contribution in [0, 0.1) is 5.92 Å². The maximum Gasteiger partial charge on any atom is 0.0701 e. The van der Waals surface area contributed by atoms with Gasteiger partial charge in [-0.1, -0.05) is 12.8 Å². The van der Waals surface area contributed by atoms with Crippen molar-refractivity contribution in [2.75, 3.05) is 32.3 Å². The number of ether oxygens (including phenoxy) is 2. The van der Waals surface area contributed by atoms with Gasteiger partial charge in [0.15, 0.2) is 0 Å². The molecule has 0 heterocycles. The van der Waals surface area contributed by atoms with E-state index < -0.39 is 0 Å². The lowest BCUT2D eigenvalue weighted by Gasteiger charge is -2.09. The Labute approximate surface area is 85.5 Å². The second-order valence-electron chi connectivity index (χ2n) is 3.53. The lowest BCUT2D eigenvalue weighted by Crippen LogP contribution is -2.10. The van der Waals surface area contributed by atoms with Gasteiger partial charge in [-0.15, -0.1) is 11.6 Å². The van der Waals surface area contributed by atoms with Crippen molar-refractivity contribution in [1.29, 1.82) is 0 Å². The SMILES string of the molecule is ClCCOCCOCC1CCCC1. The topological polar surface area (TPSA) is 18.5 Å². The van der Waals surface area contributed by atoms with Crippen molar-refractivity contribution >= 4 is 11.6 Å². The average Bonchev–Trinajstić information content (AvgIpc) is 2.63. The minimum absolute atomic E-state index is 0.572. The molecule has 0 aliphatic heterocycles. The molecule has 0 atom stereocenters. The maximum absolute atomic E-state index is 5.50. The van der Waals surface area contributed by atoms with E-state index in [1.54, 1.807) is 0 Å². The van der Waals surface area contributed by atoms with Gasteiger partial charge in [-0.2, -0.15) is 0 Å². The van der Waals surface area contributed by atoms with Gasteiger partial charge in [0.05, 0.1) is 19.8 Å². The first-order chi connectivity index (χ1) is 6.43. The van der Waals surface area contributed by atoms with Crippen molar-refractivity contribution in [3.8, 4) is 0 Å². The third-order valence-corrected chi connectivity index (χ3v) is 2.58. The molecule has 1 aliphatic rings. The summed E-state index contributed by atoms with van der Waals surface area (Å²) in [4.78, 5) is 0. The molecule has 3 heteroatoms. The fraction of sp³-hybridized carbons (Fsp3) is 1.00. The average molecular weight is 207 g/mol. The van der Waals surface area contributed by atoms with Crippen LogP contribution in [0.15, 0.2) is 0 Å². The monoisotopic (exact) mass is 206 g/mol. The van der Waals surface area contributed by atoms with Crippen molar-refractivity contribution in [2.45, 2.75) is 25.7 Å². The first-order valence-electron chi connectivity index (χ1n) is 5.15. The smallest absolute Gasteiger partial charge is 0.0701 e. The first kappa shape index (κ1) is 11.3. The van der Waals surface area contributed by atoms with E-state index in [9.17, 15) is 0 Å². The highest BCUT2D eigenvalue weighted by Gasteiger charge is 2.14. The van der Waals surface area contributed by atoms with Crippen molar-refractivity contribution < 1.29 is 9.47 Å². The van der Waals surface area contributed by atoms with Crippen molar-refractivity contribution in [3.63, 3.8) is 0 Å². The molecular weight excluding hydrogens is 188 g/mol. The lowest BCUT2D eigenvalue weighted by atomic mass is 10.1. The molecule has 1 saturated carbocycles. The van der Waals surface area contributed by atoms with E-state index in [4.69, 9.17) is 21.1 Å². The molecule has 1 aliphatic carbocycles. The van der Waals surface area contributed by atoms with E-state index in [1.165, 1.54) is 25.7 Å². The van der Waals surface area contributed by atoms with Gasteiger partial charge in [-0.3, -0.25) is 0 Å². The van der Waals surface area contributed by atoms with Gasteiger partial charge in [0.1, 0.15) is 0 Å². The predicted octanol–water partition coefficient (Wildman–Crippen LogP) is 2.45. The quantitative estimate of drug-likeness (QED) is 0.471. The number of hydrogen-bond acceptors (Lipinski definition) is 2. The minimum atomic E-state index is 0.572. The van der Waals surface area contributed by atoms with Crippen molar-refractivity contribution in [1.82, 2.24) is 0 Å². The fourth-order valence-corrected chi connectivity index (χ4v) is 1.81. The van der Waals surface area contributed by atoms with Crippen LogP contribution in [0.5, 0.6) is 0 Å². The van der Waals surface area contributed by atoms with Gasteiger partial charge in [0.25, 0.3) is 0 Å². The molecule has 0 aromatic heterocycles. The summed E-state index contributed by atoms with van der Waals surface area (Å²) in [5, 5.41) is 0. The Hall–Kier alpha value is 0.210. The van der Waals surface area contributed by atoms with E-state index in [1.807, 2.05) is 0 Å². The third-order valence-electron chi connectivity index (χ3n) is 2.42. The molecule has 0 saturated heterocycles. The standard InChI is InChI=1S/C10H19ClO2/c11-5-6-12-7-8-13-9-10-3-1-2-4-10/h10H,1-9H2. The molecule has 1 fully saturated rings. The van der Waals surface area contributed by atoms with E-state index in [-0.39, 0.29) is 0 Å². The molecule has 78 valence electrons. The highest BCUT2D eigenvalue weighted by atomic mass is 35.5. The molecule has 1 rings (SSSR count). The summed E-state index contributed by atoms with van der Waals surface area (Å²) in [5.74, 6) is 1.39. The first-order valence-corrected chi connectivity index (χ1v) is 5.68. The molecule has 0 bridgehead atoms. The molecule has 0 N–H and O–H groups in total. The Morgan fingerprint density at radius 1 is 1.00 bits per heavy atom. The van der Waals surface area contributed by atoms with E-state index >= 15 is 0 Å². The zero-order valence-corrected chi connectivity index (χ0v) is 8.89. The summed E-state index contributed by atoms with van der Waals surface area (Å²) in [6.07, 6.45) is 5.47. The lowest BCUT2D eigenvalue weighted by molar-refractivity contribution is 0.0389. The van der Waals surface area contributed by atoms with Gasteiger partial charge in [0.2, 0.25) is 0 Å². The second-order valence-corrected chi connectivity index (χ2v) is 3.90. The molecule has 0 radical (unpaired) electrons. The van der Waals surface area contributed by atoms with Crippen LogP contribution < -0.4 is 0 Å². The molecule has 2 nitrogen and oxygen atoms in total. The van der Waals surface area contributed by atoms with Crippen LogP contribution in [0.1, 0.15) is 25.7 Å². The Balaban J connectivity index is 1.78. The zero-order valence-electron chi connectivity index (χ0n) is 8.14. The van der Waals surface area contributed by atoms with Gasteiger partial charge in [0, 0.05) is 12.5 Å². The summed E-state index contributed by atoms with van der Waals surface area (Å²) in [6, 6.07) is 0. The Morgan fingerprint density at radius 2 is 1.69 bits per heavy atom. The Kier molecular flexibility index (Phi) is 6.60. The summed E-state index contributed by atoms with van der Waals surface area (Å²) in [7, 11) is 0. The number of alkyl halides is 1.